The number of hydrogen-bond donors (Lipinski definition) is 1. The van der Waals surface area contributed by atoms with Crippen LogP contribution in [0, 0.1) is 0 Å². The van der Waals surface area contributed by atoms with Gasteiger partial charge in [-0.2, -0.15) is 0 Å². The Kier molecular flexibility index (Phi) is 2.64. The molecule has 0 aromatic heterocycles. The predicted octanol–water partition coefficient (Wildman–Crippen LogP) is 1.30. The number of carbonyl (C=O) groups excluding carboxylic acids is 1. The lowest BCUT2D eigenvalue weighted by Crippen LogP contribution is -2.48. The molecule has 0 aromatic rings. The molecule has 0 aromatic carbocycles. The second-order valence-corrected chi connectivity index (χ2v) is 3.86. The number of thioether (sulfide) groups is 1. The van der Waals surface area contributed by atoms with Gasteiger partial charge in [0.25, 0.3) is 0 Å². The highest BCUT2D eigenvalue weighted by molar-refractivity contribution is 8.03. The molecule has 5 heteroatoms. The topological polar surface area (TPSA) is 55.6 Å². The van der Waals surface area contributed by atoms with Crippen LogP contribution in [0.2, 0.25) is 0 Å². The molecular weight excluding hydrogens is 176 g/mol. The van der Waals surface area contributed by atoms with Gasteiger partial charge in [0.15, 0.2) is 0 Å². The average molecular weight is 188 g/mol. The second-order valence-electron chi connectivity index (χ2n) is 2.53. The first kappa shape index (κ1) is 9.41. The standard InChI is InChI=1S/C7H12N2O2S/c1-3-11-6(10)9-4-5-12-7(9,2)8/h4-5H,3,8H2,1-2H3. The molecule has 0 bridgehead atoms. The van der Waals surface area contributed by atoms with Gasteiger partial charge < -0.3 is 4.74 Å². The molecule has 1 rings (SSSR count). The van der Waals surface area contributed by atoms with Crippen molar-refractivity contribution in [3.8, 4) is 0 Å². The quantitative estimate of drug-likeness (QED) is 0.673. The highest BCUT2D eigenvalue weighted by Gasteiger charge is 2.34. The van der Waals surface area contributed by atoms with Crippen LogP contribution in [0.15, 0.2) is 11.6 Å². The van der Waals surface area contributed by atoms with E-state index in [1.807, 2.05) is 0 Å². The van der Waals surface area contributed by atoms with Crippen molar-refractivity contribution in [2.24, 2.45) is 5.73 Å². The number of ether oxygens (including phenoxy) is 1. The average Bonchev–Trinajstić information content (AvgIpc) is 2.30. The zero-order chi connectivity index (χ0) is 9.19. The van der Waals surface area contributed by atoms with Crippen LogP contribution in [0.4, 0.5) is 4.79 Å². The molecule has 0 fully saturated rings. The van der Waals surface area contributed by atoms with E-state index in [1.165, 1.54) is 16.7 Å². The van der Waals surface area contributed by atoms with Gasteiger partial charge in [-0.15, -0.1) is 0 Å². The van der Waals surface area contributed by atoms with E-state index in [0.717, 1.165) is 0 Å². The van der Waals surface area contributed by atoms with Crippen LogP contribution in [0.5, 0.6) is 0 Å². The summed E-state index contributed by atoms with van der Waals surface area (Å²) in [6.07, 6.45) is 1.23. The number of nitrogens with zero attached hydrogens (tertiary/aromatic N) is 1. The Labute approximate surface area is 75.7 Å². The van der Waals surface area contributed by atoms with Crippen LogP contribution >= 0.6 is 11.8 Å². The molecular formula is C7H12N2O2S. The first-order valence-corrected chi connectivity index (χ1v) is 4.55. The Bertz CT molecular complexity index is 215. The van der Waals surface area contributed by atoms with Crippen LogP contribution < -0.4 is 5.73 Å². The number of carbonyl (C=O) groups is 1. The Morgan fingerprint density at radius 2 is 2.50 bits per heavy atom. The first-order chi connectivity index (χ1) is 5.58. The number of rotatable bonds is 1. The van der Waals surface area contributed by atoms with Gasteiger partial charge in [0.1, 0.15) is 4.99 Å². The molecule has 0 spiro atoms. The summed E-state index contributed by atoms with van der Waals surface area (Å²) in [6.45, 7) is 3.89. The molecule has 1 unspecified atom stereocenters. The summed E-state index contributed by atoms with van der Waals surface area (Å²) in [6, 6.07) is 0. The number of hydrogen-bond acceptors (Lipinski definition) is 4. The van der Waals surface area contributed by atoms with Gasteiger partial charge in [-0.05, 0) is 19.3 Å². The lowest BCUT2D eigenvalue weighted by molar-refractivity contribution is 0.109. The summed E-state index contributed by atoms with van der Waals surface area (Å²) < 4.78 is 4.80. The number of nitrogens with two attached hydrogens (primary N) is 1. The van der Waals surface area contributed by atoms with Crippen LogP contribution in [-0.4, -0.2) is 22.6 Å². The monoisotopic (exact) mass is 188 g/mol. The maximum absolute atomic E-state index is 11.2. The fourth-order valence-electron chi connectivity index (χ4n) is 0.869. The van der Waals surface area contributed by atoms with Gasteiger partial charge in [-0.3, -0.25) is 10.6 Å². The Morgan fingerprint density at radius 3 is 2.92 bits per heavy atom. The third-order valence-electron chi connectivity index (χ3n) is 1.46. The van der Waals surface area contributed by atoms with Gasteiger partial charge in [-0.25, -0.2) is 4.79 Å². The van der Waals surface area contributed by atoms with Crippen molar-refractivity contribution in [3.63, 3.8) is 0 Å². The summed E-state index contributed by atoms with van der Waals surface area (Å²) >= 11 is 1.38. The SMILES string of the molecule is CCOC(=O)N1C=CSC1(C)N. The van der Waals surface area contributed by atoms with Crippen molar-refractivity contribution in [3.05, 3.63) is 11.6 Å². The molecule has 0 saturated carbocycles. The summed E-state index contributed by atoms with van der Waals surface area (Å²) in [4.78, 5) is 11.9. The normalized spacial score (nSPS) is 27.8. The Balaban J connectivity index is 2.62. The molecule has 1 aliphatic heterocycles. The molecule has 2 N–H and O–H groups in total. The van der Waals surface area contributed by atoms with Crippen molar-refractivity contribution in [2.75, 3.05) is 6.61 Å². The third-order valence-corrected chi connectivity index (χ3v) is 2.39. The first-order valence-electron chi connectivity index (χ1n) is 3.67. The molecule has 1 atom stereocenters. The van der Waals surface area contributed by atoms with Gasteiger partial charge in [-0.1, -0.05) is 11.8 Å². The van der Waals surface area contributed by atoms with E-state index in [4.69, 9.17) is 10.5 Å². The highest BCUT2D eigenvalue weighted by atomic mass is 32.2. The van der Waals surface area contributed by atoms with E-state index in [2.05, 4.69) is 0 Å². The summed E-state index contributed by atoms with van der Waals surface area (Å²) in [5, 5.41) is 1.77. The van der Waals surface area contributed by atoms with Crippen LogP contribution in [0.1, 0.15) is 13.8 Å². The minimum Gasteiger partial charge on any atom is -0.449 e. The second kappa shape index (κ2) is 3.37. The fourth-order valence-corrected chi connectivity index (χ4v) is 1.58. The maximum atomic E-state index is 11.2. The van der Waals surface area contributed by atoms with Crippen LogP contribution in [-0.2, 0) is 4.74 Å². The molecule has 1 amide bonds. The lowest BCUT2D eigenvalue weighted by Gasteiger charge is -2.28. The van der Waals surface area contributed by atoms with Crippen LogP contribution in [0.25, 0.3) is 0 Å². The fraction of sp³-hybridized carbons (Fsp3) is 0.571. The van der Waals surface area contributed by atoms with Crippen molar-refractivity contribution in [2.45, 2.75) is 18.8 Å². The maximum Gasteiger partial charge on any atom is 0.416 e. The Morgan fingerprint density at radius 1 is 1.83 bits per heavy atom. The molecule has 1 heterocycles. The lowest BCUT2D eigenvalue weighted by atomic mass is 10.5. The minimum absolute atomic E-state index is 0.365. The van der Waals surface area contributed by atoms with E-state index in [1.54, 1.807) is 25.5 Å². The summed E-state index contributed by atoms with van der Waals surface area (Å²) in [5.74, 6) is 0. The van der Waals surface area contributed by atoms with E-state index in [-0.39, 0.29) is 0 Å². The molecule has 0 aliphatic carbocycles. The predicted molar refractivity (Wildman–Crippen MR) is 48.2 cm³/mol. The molecule has 4 nitrogen and oxygen atoms in total. The van der Waals surface area contributed by atoms with Crippen molar-refractivity contribution < 1.29 is 9.53 Å². The minimum atomic E-state index is -0.702. The van der Waals surface area contributed by atoms with E-state index in [0.29, 0.717) is 6.61 Å². The van der Waals surface area contributed by atoms with E-state index in [9.17, 15) is 4.79 Å². The smallest absolute Gasteiger partial charge is 0.416 e. The molecule has 12 heavy (non-hydrogen) atoms. The van der Waals surface area contributed by atoms with Crippen molar-refractivity contribution in [1.82, 2.24) is 4.90 Å². The summed E-state index contributed by atoms with van der Waals surface area (Å²) in [5.41, 5.74) is 5.78. The van der Waals surface area contributed by atoms with Crippen molar-refractivity contribution >= 4 is 17.9 Å². The van der Waals surface area contributed by atoms with Gasteiger partial charge in [0.2, 0.25) is 0 Å². The Hall–Kier alpha value is -0.680. The van der Waals surface area contributed by atoms with Gasteiger partial charge >= 0.3 is 6.09 Å². The van der Waals surface area contributed by atoms with E-state index >= 15 is 0 Å². The molecule has 0 radical (unpaired) electrons. The zero-order valence-corrected chi connectivity index (χ0v) is 7.93. The number of amides is 1. The van der Waals surface area contributed by atoms with Crippen LogP contribution in [0.3, 0.4) is 0 Å². The van der Waals surface area contributed by atoms with Gasteiger partial charge in [0.05, 0.1) is 6.61 Å². The largest absolute Gasteiger partial charge is 0.449 e. The van der Waals surface area contributed by atoms with Gasteiger partial charge in [0, 0.05) is 6.20 Å². The molecule has 1 aliphatic rings. The zero-order valence-electron chi connectivity index (χ0n) is 7.11. The molecule has 0 saturated heterocycles. The third kappa shape index (κ3) is 1.73. The molecule has 68 valence electrons. The highest BCUT2D eigenvalue weighted by Crippen LogP contribution is 2.31. The summed E-state index contributed by atoms with van der Waals surface area (Å²) in [7, 11) is 0. The van der Waals surface area contributed by atoms with Crippen molar-refractivity contribution in [1.29, 1.82) is 0 Å². The van der Waals surface area contributed by atoms with E-state index < -0.39 is 11.1 Å².